The average Bonchev–Trinajstić information content (AvgIpc) is 3.02. The Labute approximate surface area is 160 Å². The lowest BCUT2D eigenvalue weighted by atomic mass is 10.1. The smallest absolute Gasteiger partial charge is 0.261 e. The molecule has 3 N–H and O–H groups in total. The number of anilines is 1. The van der Waals surface area contributed by atoms with Gasteiger partial charge in [0.05, 0.1) is 16.1 Å². The molecular formula is C20H25N3O3S. The molecule has 1 aliphatic heterocycles. The normalized spacial score (nSPS) is 19.9. The predicted octanol–water partition coefficient (Wildman–Crippen LogP) is 2.61. The Morgan fingerprint density at radius 3 is 2.48 bits per heavy atom. The van der Waals surface area contributed by atoms with Crippen molar-refractivity contribution < 1.29 is 13.2 Å². The molecule has 0 spiro atoms. The van der Waals surface area contributed by atoms with Crippen molar-refractivity contribution >= 4 is 21.6 Å². The van der Waals surface area contributed by atoms with Crippen LogP contribution in [-0.2, 0) is 10.0 Å². The van der Waals surface area contributed by atoms with E-state index in [1.807, 2.05) is 13.8 Å². The van der Waals surface area contributed by atoms with Crippen molar-refractivity contribution in [1.29, 1.82) is 0 Å². The van der Waals surface area contributed by atoms with E-state index in [1.54, 1.807) is 53.4 Å². The maximum Gasteiger partial charge on any atom is 0.261 e. The molecule has 2 aromatic carbocycles. The highest BCUT2D eigenvalue weighted by Gasteiger charge is 2.33. The summed E-state index contributed by atoms with van der Waals surface area (Å²) in [5.41, 5.74) is 7.36. The lowest BCUT2D eigenvalue weighted by Crippen LogP contribution is -2.35. The molecule has 0 aromatic heterocycles. The Bertz CT molecular complexity index is 926. The number of carbonyl (C=O) groups excluding carboxylic acids is 1. The summed E-state index contributed by atoms with van der Waals surface area (Å²) in [7, 11) is -3.78. The zero-order valence-electron chi connectivity index (χ0n) is 15.6. The molecule has 0 aliphatic carbocycles. The van der Waals surface area contributed by atoms with Crippen LogP contribution >= 0.6 is 0 Å². The molecule has 1 aliphatic rings. The van der Waals surface area contributed by atoms with E-state index in [9.17, 15) is 13.2 Å². The Kier molecular flexibility index (Phi) is 5.53. The van der Waals surface area contributed by atoms with Crippen molar-refractivity contribution in [2.75, 3.05) is 17.8 Å². The molecule has 3 rings (SSSR count). The van der Waals surface area contributed by atoms with E-state index in [0.717, 1.165) is 12.0 Å². The van der Waals surface area contributed by atoms with Crippen LogP contribution in [0.15, 0.2) is 53.4 Å². The second kappa shape index (κ2) is 7.70. The monoisotopic (exact) mass is 387 g/mol. The minimum absolute atomic E-state index is 0.0767. The minimum atomic E-state index is -3.78. The van der Waals surface area contributed by atoms with Gasteiger partial charge in [-0.1, -0.05) is 29.8 Å². The number of hydrogen-bond donors (Lipinski definition) is 2. The summed E-state index contributed by atoms with van der Waals surface area (Å²) in [6.07, 6.45) is 0.861. The number of para-hydroxylation sites is 1. The van der Waals surface area contributed by atoms with E-state index in [-0.39, 0.29) is 28.4 Å². The third-order valence-electron chi connectivity index (χ3n) is 4.99. The number of likely N-dealkylation sites (tertiary alicyclic amines) is 1. The van der Waals surface area contributed by atoms with E-state index in [1.165, 1.54) is 0 Å². The molecule has 2 unspecified atom stereocenters. The summed E-state index contributed by atoms with van der Waals surface area (Å²) in [5.74, 6) is 0.0982. The highest BCUT2D eigenvalue weighted by molar-refractivity contribution is 7.92. The number of sulfonamides is 1. The number of hydrogen-bond acceptors (Lipinski definition) is 4. The Balaban J connectivity index is 1.88. The first-order chi connectivity index (χ1) is 12.8. The Hall–Kier alpha value is -2.38. The quantitative estimate of drug-likeness (QED) is 0.825. The minimum Gasteiger partial charge on any atom is -0.336 e. The molecule has 0 bridgehead atoms. The predicted molar refractivity (Wildman–Crippen MR) is 106 cm³/mol. The molecule has 1 amide bonds. The summed E-state index contributed by atoms with van der Waals surface area (Å²) in [6, 6.07) is 13.4. The number of rotatable bonds is 5. The van der Waals surface area contributed by atoms with E-state index in [4.69, 9.17) is 5.73 Å². The second-order valence-corrected chi connectivity index (χ2v) is 8.79. The van der Waals surface area contributed by atoms with Gasteiger partial charge in [-0.25, -0.2) is 8.42 Å². The van der Waals surface area contributed by atoms with E-state index in [0.29, 0.717) is 18.7 Å². The van der Waals surface area contributed by atoms with Gasteiger partial charge in [-0.2, -0.15) is 0 Å². The van der Waals surface area contributed by atoms with Crippen molar-refractivity contribution in [3.8, 4) is 0 Å². The van der Waals surface area contributed by atoms with Crippen LogP contribution < -0.4 is 10.5 Å². The lowest BCUT2D eigenvalue weighted by Gasteiger charge is -2.23. The van der Waals surface area contributed by atoms with Gasteiger partial charge in [0.1, 0.15) is 0 Å². The Morgan fingerprint density at radius 2 is 1.85 bits per heavy atom. The number of nitrogens with two attached hydrogens (primary N) is 1. The second-order valence-electron chi connectivity index (χ2n) is 7.11. The fourth-order valence-corrected chi connectivity index (χ4v) is 4.51. The van der Waals surface area contributed by atoms with Crippen LogP contribution in [0.4, 0.5) is 5.69 Å². The molecule has 1 heterocycles. The first-order valence-corrected chi connectivity index (χ1v) is 10.5. The summed E-state index contributed by atoms with van der Waals surface area (Å²) in [4.78, 5) is 15.0. The molecule has 7 heteroatoms. The zero-order chi connectivity index (χ0) is 19.6. The number of nitrogens with one attached hydrogen (secondary N) is 1. The molecule has 1 saturated heterocycles. The first-order valence-electron chi connectivity index (χ1n) is 9.01. The first kappa shape index (κ1) is 19.4. The van der Waals surface area contributed by atoms with Gasteiger partial charge in [0.25, 0.3) is 15.9 Å². The largest absolute Gasteiger partial charge is 0.336 e. The molecule has 27 heavy (non-hydrogen) atoms. The highest BCUT2D eigenvalue weighted by atomic mass is 32.2. The van der Waals surface area contributed by atoms with E-state index < -0.39 is 10.0 Å². The lowest BCUT2D eigenvalue weighted by molar-refractivity contribution is 0.0744. The SMILES string of the molecule is Cc1ccc(S(=O)(=O)Nc2ccccc2C(=O)N2CC(CN)CC2C)cc1. The van der Waals surface area contributed by atoms with Gasteiger partial charge in [-0.05, 0) is 57.0 Å². The molecule has 6 nitrogen and oxygen atoms in total. The summed E-state index contributed by atoms with van der Waals surface area (Å²) in [5, 5.41) is 0. The van der Waals surface area contributed by atoms with Gasteiger partial charge in [-0.15, -0.1) is 0 Å². The molecule has 144 valence electrons. The van der Waals surface area contributed by atoms with Crippen LogP contribution in [0.1, 0.15) is 29.3 Å². The van der Waals surface area contributed by atoms with Crippen LogP contribution in [0.3, 0.4) is 0 Å². The summed E-state index contributed by atoms with van der Waals surface area (Å²) in [6.45, 7) is 5.02. The maximum atomic E-state index is 13.1. The molecule has 1 fully saturated rings. The van der Waals surface area contributed by atoms with E-state index in [2.05, 4.69) is 4.72 Å². The van der Waals surface area contributed by atoms with Crippen LogP contribution in [0.25, 0.3) is 0 Å². The third-order valence-corrected chi connectivity index (χ3v) is 6.37. The third kappa shape index (κ3) is 4.14. The Morgan fingerprint density at radius 1 is 1.19 bits per heavy atom. The molecule has 2 aromatic rings. The standard InChI is InChI=1S/C20H25N3O3S/c1-14-7-9-17(10-8-14)27(25,26)22-19-6-4-3-5-18(19)20(24)23-13-16(12-21)11-15(23)2/h3-10,15-16,22H,11-13,21H2,1-2H3. The van der Waals surface area contributed by atoms with Gasteiger partial charge >= 0.3 is 0 Å². The molecule has 2 atom stereocenters. The molecule has 0 saturated carbocycles. The number of aryl methyl sites for hydroxylation is 1. The van der Waals surface area contributed by atoms with Gasteiger partial charge in [0, 0.05) is 12.6 Å². The van der Waals surface area contributed by atoms with Crippen molar-refractivity contribution in [3.05, 3.63) is 59.7 Å². The zero-order valence-corrected chi connectivity index (χ0v) is 16.4. The number of carbonyl (C=O) groups is 1. The van der Waals surface area contributed by atoms with Crippen molar-refractivity contribution in [2.24, 2.45) is 11.7 Å². The maximum absolute atomic E-state index is 13.1. The number of amides is 1. The van der Waals surface area contributed by atoms with Crippen LogP contribution in [0, 0.1) is 12.8 Å². The van der Waals surface area contributed by atoms with Crippen LogP contribution in [-0.4, -0.2) is 38.4 Å². The van der Waals surface area contributed by atoms with Gasteiger partial charge < -0.3 is 10.6 Å². The molecule has 0 radical (unpaired) electrons. The van der Waals surface area contributed by atoms with Crippen molar-refractivity contribution in [3.63, 3.8) is 0 Å². The summed E-state index contributed by atoms with van der Waals surface area (Å²) < 4.78 is 28.0. The average molecular weight is 388 g/mol. The molecular weight excluding hydrogens is 362 g/mol. The van der Waals surface area contributed by atoms with Crippen molar-refractivity contribution in [1.82, 2.24) is 4.90 Å². The highest BCUT2D eigenvalue weighted by Crippen LogP contribution is 2.27. The van der Waals surface area contributed by atoms with Crippen LogP contribution in [0.2, 0.25) is 0 Å². The number of nitrogens with zero attached hydrogens (tertiary/aromatic N) is 1. The van der Waals surface area contributed by atoms with Gasteiger partial charge in [0.2, 0.25) is 0 Å². The topological polar surface area (TPSA) is 92.5 Å². The van der Waals surface area contributed by atoms with Crippen LogP contribution in [0.5, 0.6) is 0 Å². The number of benzene rings is 2. The summed E-state index contributed by atoms with van der Waals surface area (Å²) >= 11 is 0. The van der Waals surface area contributed by atoms with E-state index >= 15 is 0 Å². The fraction of sp³-hybridized carbons (Fsp3) is 0.350. The van der Waals surface area contributed by atoms with Gasteiger partial charge in [0.15, 0.2) is 0 Å². The van der Waals surface area contributed by atoms with Crippen molar-refractivity contribution in [2.45, 2.75) is 31.2 Å². The fourth-order valence-electron chi connectivity index (χ4n) is 3.43. The van der Waals surface area contributed by atoms with Gasteiger partial charge in [-0.3, -0.25) is 9.52 Å².